The molecule has 114 valence electrons. The molecule has 2 amide bonds. The Bertz CT molecular complexity index is 472. The molecule has 0 saturated heterocycles. The average molecular weight is 289 g/mol. The van der Waals surface area contributed by atoms with Crippen molar-refractivity contribution in [3.63, 3.8) is 0 Å². The lowest BCUT2D eigenvalue weighted by atomic mass is 9.98. The van der Waals surface area contributed by atoms with Crippen molar-refractivity contribution < 1.29 is 9.59 Å². The number of carbonyl (C=O) groups excluding carboxylic acids is 2. The molecule has 1 saturated carbocycles. The van der Waals surface area contributed by atoms with Crippen LogP contribution in [-0.2, 0) is 16.0 Å². The molecule has 1 unspecified atom stereocenters. The lowest BCUT2D eigenvalue weighted by Crippen LogP contribution is -2.40. The standard InChI is InChI=1S/C16H23N3O2/c17-11-14(10-12-4-2-1-3-5-12)16(21)19-9-8-18-15(20)13-6-7-13/h1-5,13-14H,6-11,17H2,(H,18,20)(H,19,21). The van der Waals surface area contributed by atoms with Gasteiger partial charge in [0.1, 0.15) is 0 Å². The minimum Gasteiger partial charge on any atom is -0.354 e. The van der Waals surface area contributed by atoms with Gasteiger partial charge in [-0.2, -0.15) is 0 Å². The molecule has 5 nitrogen and oxygen atoms in total. The van der Waals surface area contributed by atoms with Gasteiger partial charge in [-0.05, 0) is 24.8 Å². The molecule has 21 heavy (non-hydrogen) atoms. The normalized spacial score (nSPS) is 15.3. The molecule has 0 bridgehead atoms. The second-order valence-electron chi connectivity index (χ2n) is 5.48. The minimum atomic E-state index is -0.230. The van der Waals surface area contributed by atoms with Crippen LogP contribution in [0.3, 0.4) is 0 Å². The largest absolute Gasteiger partial charge is 0.354 e. The quantitative estimate of drug-likeness (QED) is 0.607. The SMILES string of the molecule is NCC(Cc1ccccc1)C(=O)NCCNC(=O)C1CC1. The zero-order valence-corrected chi connectivity index (χ0v) is 12.2. The molecular weight excluding hydrogens is 266 g/mol. The number of carbonyl (C=O) groups is 2. The Kier molecular flexibility index (Phi) is 5.75. The Morgan fingerprint density at radius 1 is 1.14 bits per heavy atom. The van der Waals surface area contributed by atoms with Crippen LogP contribution in [0, 0.1) is 11.8 Å². The number of amides is 2. The van der Waals surface area contributed by atoms with E-state index in [1.54, 1.807) is 0 Å². The average Bonchev–Trinajstić information content (AvgIpc) is 3.34. The molecule has 1 atom stereocenters. The molecule has 5 heteroatoms. The molecule has 1 fully saturated rings. The summed E-state index contributed by atoms with van der Waals surface area (Å²) in [5, 5.41) is 5.66. The highest BCUT2D eigenvalue weighted by Crippen LogP contribution is 2.28. The first-order valence-corrected chi connectivity index (χ1v) is 7.50. The van der Waals surface area contributed by atoms with Crippen LogP contribution in [0.15, 0.2) is 30.3 Å². The summed E-state index contributed by atoms with van der Waals surface area (Å²) in [5.41, 5.74) is 6.79. The summed E-state index contributed by atoms with van der Waals surface area (Å²) in [4.78, 5) is 23.5. The van der Waals surface area contributed by atoms with E-state index in [2.05, 4.69) is 10.6 Å². The predicted octanol–water partition coefficient (Wildman–Crippen LogP) is 0.446. The van der Waals surface area contributed by atoms with Crippen LogP contribution in [-0.4, -0.2) is 31.4 Å². The van der Waals surface area contributed by atoms with Gasteiger partial charge in [-0.25, -0.2) is 0 Å². The second kappa shape index (κ2) is 7.78. The van der Waals surface area contributed by atoms with Crippen molar-refractivity contribution in [2.45, 2.75) is 19.3 Å². The highest BCUT2D eigenvalue weighted by Gasteiger charge is 2.29. The Morgan fingerprint density at radius 3 is 2.43 bits per heavy atom. The number of hydrogen-bond acceptors (Lipinski definition) is 3. The van der Waals surface area contributed by atoms with Crippen LogP contribution >= 0.6 is 0 Å². The maximum atomic E-state index is 12.1. The Balaban J connectivity index is 1.68. The number of nitrogens with one attached hydrogen (secondary N) is 2. The van der Waals surface area contributed by atoms with Gasteiger partial charge in [-0.3, -0.25) is 9.59 Å². The highest BCUT2D eigenvalue weighted by molar-refractivity contribution is 5.81. The van der Waals surface area contributed by atoms with Gasteiger partial charge >= 0.3 is 0 Å². The van der Waals surface area contributed by atoms with Crippen molar-refractivity contribution in [2.24, 2.45) is 17.6 Å². The molecule has 1 aromatic carbocycles. The highest BCUT2D eigenvalue weighted by atomic mass is 16.2. The van der Waals surface area contributed by atoms with Crippen molar-refractivity contribution in [3.8, 4) is 0 Å². The van der Waals surface area contributed by atoms with E-state index in [0.29, 0.717) is 26.1 Å². The molecule has 0 radical (unpaired) electrons. The number of nitrogens with two attached hydrogens (primary N) is 1. The zero-order chi connectivity index (χ0) is 15.1. The van der Waals surface area contributed by atoms with Crippen molar-refractivity contribution >= 4 is 11.8 Å². The molecule has 2 rings (SSSR count). The third-order valence-corrected chi connectivity index (χ3v) is 3.65. The molecule has 0 aliphatic heterocycles. The van der Waals surface area contributed by atoms with Crippen LogP contribution < -0.4 is 16.4 Å². The van der Waals surface area contributed by atoms with Crippen LogP contribution in [0.2, 0.25) is 0 Å². The molecule has 1 aliphatic rings. The fourth-order valence-electron chi connectivity index (χ4n) is 2.19. The van der Waals surface area contributed by atoms with Crippen molar-refractivity contribution in [1.29, 1.82) is 0 Å². The fraction of sp³-hybridized carbons (Fsp3) is 0.500. The molecular formula is C16H23N3O2. The third kappa shape index (κ3) is 5.19. The summed E-state index contributed by atoms with van der Waals surface area (Å²) in [7, 11) is 0. The Morgan fingerprint density at radius 2 is 1.81 bits per heavy atom. The van der Waals surface area contributed by atoms with E-state index in [0.717, 1.165) is 18.4 Å². The van der Waals surface area contributed by atoms with E-state index >= 15 is 0 Å². The van der Waals surface area contributed by atoms with Crippen LogP contribution in [0.5, 0.6) is 0 Å². The Labute approximate surface area is 125 Å². The summed E-state index contributed by atoms with van der Waals surface area (Å²) in [6.07, 6.45) is 2.62. The summed E-state index contributed by atoms with van der Waals surface area (Å²) >= 11 is 0. The zero-order valence-electron chi connectivity index (χ0n) is 12.2. The van der Waals surface area contributed by atoms with Crippen LogP contribution in [0.1, 0.15) is 18.4 Å². The van der Waals surface area contributed by atoms with Gasteiger partial charge in [0.05, 0.1) is 5.92 Å². The first kappa shape index (κ1) is 15.5. The Hall–Kier alpha value is -1.88. The number of hydrogen-bond donors (Lipinski definition) is 3. The van der Waals surface area contributed by atoms with Gasteiger partial charge in [0, 0.05) is 25.6 Å². The molecule has 0 aromatic heterocycles. The number of benzene rings is 1. The summed E-state index contributed by atoms with van der Waals surface area (Å²) in [6.45, 7) is 1.24. The van der Waals surface area contributed by atoms with E-state index in [-0.39, 0.29) is 23.7 Å². The van der Waals surface area contributed by atoms with Crippen LogP contribution in [0.4, 0.5) is 0 Å². The lowest BCUT2D eigenvalue weighted by Gasteiger charge is -2.15. The van der Waals surface area contributed by atoms with E-state index in [4.69, 9.17) is 5.73 Å². The van der Waals surface area contributed by atoms with Crippen LogP contribution in [0.25, 0.3) is 0 Å². The molecule has 1 aromatic rings. The monoisotopic (exact) mass is 289 g/mol. The lowest BCUT2D eigenvalue weighted by molar-refractivity contribution is -0.125. The maximum absolute atomic E-state index is 12.1. The van der Waals surface area contributed by atoms with Gasteiger partial charge in [0.25, 0.3) is 0 Å². The van der Waals surface area contributed by atoms with Gasteiger partial charge in [0.2, 0.25) is 11.8 Å². The van der Waals surface area contributed by atoms with E-state index in [1.165, 1.54) is 0 Å². The third-order valence-electron chi connectivity index (χ3n) is 3.65. The van der Waals surface area contributed by atoms with Gasteiger partial charge in [-0.15, -0.1) is 0 Å². The summed E-state index contributed by atoms with van der Waals surface area (Å²) in [6, 6.07) is 9.84. The second-order valence-corrected chi connectivity index (χ2v) is 5.48. The van der Waals surface area contributed by atoms with Gasteiger partial charge in [-0.1, -0.05) is 30.3 Å². The van der Waals surface area contributed by atoms with E-state index < -0.39 is 0 Å². The summed E-state index contributed by atoms with van der Waals surface area (Å²) < 4.78 is 0. The van der Waals surface area contributed by atoms with E-state index in [1.807, 2.05) is 30.3 Å². The fourth-order valence-corrected chi connectivity index (χ4v) is 2.19. The molecule has 4 N–H and O–H groups in total. The molecule has 0 heterocycles. The van der Waals surface area contributed by atoms with E-state index in [9.17, 15) is 9.59 Å². The van der Waals surface area contributed by atoms with Crippen molar-refractivity contribution in [3.05, 3.63) is 35.9 Å². The molecule has 0 spiro atoms. The first-order valence-electron chi connectivity index (χ1n) is 7.50. The van der Waals surface area contributed by atoms with Crippen molar-refractivity contribution in [1.82, 2.24) is 10.6 Å². The smallest absolute Gasteiger partial charge is 0.224 e. The first-order chi connectivity index (χ1) is 10.2. The predicted molar refractivity (Wildman–Crippen MR) is 81.4 cm³/mol. The molecule has 1 aliphatic carbocycles. The maximum Gasteiger partial charge on any atom is 0.224 e. The topological polar surface area (TPSA) is 84.2 Å². The number of rotatable bonds is 8. The summed E-state index contributed by atoms with van der Waals surface area (Å²) in [5.74, 6) is 0.0213. The van der Waals surface area contributed by atoms with Gasteiger partial charge < -0.3 is 16.4 Å². The minimum absolute atomic E-state index is 0.0537. The van der Waals surface area contributed by atoms with Gasteiger partial charge in [0.15, 0.2) is 0 Å². The van der Waals surface area contributed by atoms with Crippen molar-refractivity contribution in [2.75, 3.05) is 19.6 Å².